The van der Waals surface area contributed by atoms with Gasteiger partial charge in [-0.1, -0.05) is 42.5 Å². The van der Waals surface area contributed by atoms with Gasteiger partial charge in [-0.05, 0) is 62.2 Å². The average Bonchev–Trinajstić information content (AvgIpc) is 2.57. The maximum atomic E-state index is 2.31. The van der Waals surface area contributed by atoms with E-state index in [1.165, 1.54) is 31.4 Å². The standard InChI is InChI=1S/C21H21S/c1-16-14-15-21(18(3)17(16)2)22(19-10-6-4-7-11-19)20-12-8-5-9-13-20/h4-15H,1-3H3/q+1. The zero-order chi connectivity index (χ0) is 15.5. The third kappa shape index (κ3) is 2.82. The second-order valence-electron chi connectivity index (χ2n) is 5.56. The van der Waals surface area contributed by atoms with Gasteiger partial charge in [0.25, 0.3) is 0 Å². The number of aryl methyl sites for hydroxylation is 1. The first-order chi connectivity index (χ1) is 10.7. The quantitative estimate of drug-likeness (QED) is 0.544. The lowest BCUT2D eigenvalue weighted by Gasteiger charge is -2.13. The minimum Gasteiger partial charge on any atom is -0.0619 e. The SMILES string of the molecule is Cc1ccc([S+](c2ccccc2)c2ccccc2)c(C)c1C. The second-order valence-corrected chi connectivity index (χ2v) is 7.56. The summed E-state index contributed by atoms with van der Waals surface area (Å²) >= 11 is 0. The molecule has 3 rings (SSSR count). The molecule has 0 nitrogen and oxygen atoms in total. The molecule has 0 saturated heterocycles. The van der Waals surface area contributed by atoms with Crippen LogP contribution in [0.4, 0.5) is 0 Å². The maximum absolute atomic E-state index is 2.31. The fraction of sp³-hybridized carbons (Fsp3) is 0.143. The fourth-order valence-corrected chi connectivity index (χ4v) is 4.96. The number of hydrogen-bond donors (Lipinski definition) is 0. The van der Waals surface area contributed by atoms with Gasteiger partial charge in [0.2, 0.25) is 0 Å². The molecule has 0 aliphatic rings. The van der Waals surface area contributed by atoms with Crippen molar-refractivity contribution in [2.24, 2.45) is 0 Å². The fourth-order valence-electron chi connectivity index (χ4n) is 2.66. The molecule has 0 atom stereocenters. The molecule has 0 bridgehead atoms. The van der Waals surface area contributed by atoms with Crippen LogP contribution in [0.2, 0.25) is 0 Å². The Hall–Kier alpha value is -1.99. The molecule has 0 N–H and O–H groups in total. The highest BCUT2D eigenvalue weighted by molar-refractivity contribution is 7.97. The monoisotopic (exact) mass is 305 g/mol. The Kier molecular flexibility index (Phi) is 4.35. The highest BCUT2D eigenvalue weighted by Crippen LogP contribution is 2.34. The summed E-state index contributed by atoms with van der Waals surface area (Å²) in [5.74, 6) is 0. The zero-order valence-corrected chi connectivity index (χ0v) is 14.2. The van der Waals surface area contributed by atoms with E-state index in [4.69, 9.17) is 0 Å². The molecule has 0 fully saturated rings. The van der Waals surface area contributed by atoms with Crippen LogP contribution in [-0.2, 0) is 10.9 Å². The highest BCUT2D eigenvalue weighted by atomic mass is 32.2. The van der Waals surface area contributed by atoms with Crippen LogP contribution in [0.1, 0.15) is 16.7 Å². The smallest absolute Gasteiger partial charge is 0.0619 e. The van der Waals surface area contributed by atoms with E-state index in [2.05, 4.69) is 93.6 Å². The van der Waals surface area contributed by atoms with Crippen molar-refractivity contribution in [3.05, 3.63) is 89.5 Å². The van der Waals surface area contributed by atoms with E-state index in [9.17, 15) is 0 Å². The van der Waals surface area contributed by atoms with E-state index in [0.29, 0.717) is 0 Å². The Bertz CT molecular complexity index is 721. The molecular formula is C21H21S+. The summed E-state index contributed by atoms with van der Waals surface area (Å²) in [6, 6.07) is 26.2. The van der Waals surface area contributed by atoms with Crippen LogP contribution in [0.3, 0.4) is 0 Å². The van der Waals surface area contributed by atoms with Gasteiger partial charge >= 0.3 is 0 Å². The average molecular weight is 305 g/mol. The Morgan fingerprint density at radius 1 is 0.545 bits per heavy atom. The van der Waals surface area contributed by atoms with Crippen LogP contribution < -0.4 is 0 Å². The summed E-state index contributed by atoms with van der Waals surface area (Å²) in [7, 11) is -0.0448. The highest BCUT2D eigenvalue weighted by Gasteiger charge is 2.30. The van der Waals surface area contributed by atoms with Gasteiger partial charge in [-0.3, -0.25) is 0 Å². The second kappa shape index (κ2) is 6.41. The van der Waals surface area contributed by atoms with Crippen LogP contribution in [0.15, 0.2) is 87.5 Å². The molecule has 0 heterocycles. The van der Waals surface area contributed by atoms with Gasteiger partial charge in [0.15, 0.2) is 14.7 Å². The van der Waals surface area contributed by atoms with Crippen LogP contribution in [-0.4, -0.2) is 0 Å². The first kappa shape index (κ1) is 14.9. The van der Waals surface area contributed by atoms with Gasteiger partial charge in [0, 0.05) is 5.56 Å². The molecule has 110 valence electrons. The van der Waals surface area contributed by atoms with E-state index in [1.54, 1.807) is 0 Å². The van der Waals surface area contributed by atoms with Gasteiger partial charge in [-0.15, -0.1) is 0 Å². The van der Waals surface area contributed by atoms with Crippen molar-refractivity contribution in [2.45, 2.75) is 35.5 Å². The maximum Gasteiger partial charge on any atom is 0.169 e. The van der Waals surface area contributed by atoms with Crippen molar-refractivity contribution in [3.8, 4) is 0 Å². The van der Waals surface area contributed by atoms with Gasteiger partial charge in [-0.25, -0.2) is 0 Å². The topological polar surface area (TPSA) is 0 Å². The Labute approximate surface area is 136 Å². The molecular weight excluding hydrogens is 284 g/mol. The minimum atomic E-state index is -0.0448. The van der Waals surface area contributed by atoms with Gasteiger partial charge in [-0.2, -0.15) is 0 Å². The number of benzene rings is 3. The summed E-state index contributed by atoms with van der Waals surface area (Å²) in [5.41, 5.74) is 4.18. The first-order valence-electron chi connectivity index (χ1n) is 7.59. The predicted octanol–water partition coefficient (Wildman–Crippen LogP) is 5.71. The molecule has 0 aromatic heterocycles. The molecule has 0 amide bonds. The lowest BCUT2D eigenvalue weighted by molar-refractivity contribution is 1.17. The third-order valence-electron chi connectivity index (χ3n) is 4.19. The van der Waals surface area contributed by atoms with E-state index in [0.717, 1.165) is 0 Å². The van der Waals surface area contributed by atoms with Crippen LogP contribution in [0.5, 0.6) is 0 Å². The Balaban J connectivity index is 2.21. The van der Waals surface area contributed by atoms with Crippen molar-refractivity contribution in [2.75, 3.05) is 0 Å². The van der Waals surface area contributed by atoms with Crippen molar-refractivity contribution in [1.29, 1.82) is 0 Å². The summed E-state index contributed by atoms with van der Waals surface area (Å²) in [6.07, 6.45) is 0. The lowest BCUT2D eigenvalue weighted by atomic mass is 10.1. The minimum absolute atomic E-state index is 0.0448. The number of rotatable bonds is 3. The third-order valence-corrected chi connectivity index (χ3v) is 6.56. The van der Waals surface area contributed by atoms with Crippen molar-refractivity contribution in [1.82, 2.24) is 0 Å². The Morgan fingerprint density at radius 2 is 1.05 bits per heavy atom. The predicted molar refractivity (Wildman–Crippen MR) is 95.7 cm³/mol. The van der Waals surface area contributed by atoms with Crippen LogP contribution in [0, 0.1) is 20.8 Å². The molecule has 0 aliphatic heterocycles. The normalized spacial score (nSPS) is 10.9. The zero-order valence-electron chi connectivity index (χ0n) is 13.3. The molecule has 0 unspecified atom stereocenters. The molecule has 0 saturated carbocycles. The van der Waals surface area contributed by atoms with Gasteiger partial charge in [0.1, 0.15) is 0 Å². The molecule has 0 spiro atoms. The molecule has 3 aromatic rings. The molecule has 0 aliphatic carbocycles. The summed E-state index contributed by atoms with van der Waals surface area (Å²) in [4.78, 5) is 4.18. The van der Waals surface area contributed by atoms with E-state index < -0.39 is 0 Å². The van der Waals surface area contributed by atoms with Gasteiger partial charge < -0.3 is 0 Å². The summed E-state index contributed by atoms with van der Waals surface area (Å²) in [5, 5.41) is 0. The van der Waals surface area contributed by atoms with E-state index >= 15 is 0 Å². The number of hydrogen-bond acceptors (Lipinski definition) is 0. The van der Waals surface area contributed by atoms with Crippen molar-refractivity contribution in [3.63, 3.8) is 0 Å². The Morgan fingerprint density at radius 3 is 1.55 bits per heavy atom. The van der Waals surface area contributed by atoms with E-state index in [1.807, 2.05) is 0 Å². The largest absolute Gasteiger partial charge is 0.169 e. The lowest BCUT2D eigenvalue weighted by Crippen LogP contribution is -2.07. The van der Waals surface area contributed by atoms with Crippen molar-refractivity contribution >= 4 is 10.9 Å². The van der Waals surface area contributed by atoms with E-state index in [-0.39, 0.29) is 10.9 Å². The molecule has 0 radical (unpaired) electrons. The van der Waals surface area contributed by atoms with Crippen LogP contribution >= 0.6 is 0 Å². The first-order valence-corrected chi connectivity index (χ1v) is 8.82. The molecule has 1 heteroatoms. The molecule has 3 aromatic carbocycles. The van der Waals surface area contributed by atoms with Crippen molar-refractivity contribution < 1.29 is 0 Å². The molecule has 22 heavy (non-hydrogen) atoms. The van der Waals surface area contributed by atoms with Crippen LogP contribution in [0.25, 0.3) is 0 Å². The summed E-state index contributed by atoms with van der Waals surface area (Å²) < 4.78 is 0. The van der Waals surface area contributed by atoms with Gasteiger partial charge in [0.05, 0.1) is 10.9 Å². The summed E-state index contributed by atoms with van der Waals surface area (Å²) in [6.45, 7) is 6.67.